The van der Waals surface area contributed by atoms with E-state index in [4.69, 9.17) is 9.16 Å². The molecule has 0 fully saturated rings. The highest BCUT2D eigenvalue weighted by Crippen LogP contribution is 2.39. The van der Waals surface area contributed by atoms with Gasteiger partial charge in [-0.3, -0.25) is 4.79 Å². The van der Waals surface area contributed by atoms with Crippen LogP contribution >= 0.6 is 0 Å². The predicted molar refractivity (Wildman–Crippen MR) is 78.1 cm³/mol. The van der Waals surface area contributed by atoms with Gasteiger partial charge < -0.3 is 9.16 Å². The summed E-state index contributed by atoms with van der Waals surface area (Å²) in [4.78, 5) is 11.7. The van der Waals surface area contributed by atoms with Gasteiger partial charge in [-0.15, -0.1) is 0 Å². The van der Waals surface area contributed by atoms with Crippen molar-refractivity contribution in [1.82, 2.24) is 0 Å². The van der Waals surface area contributed by atoms with E-state index in [1.54, 1.807) is 0 Å². The molecule has 0 aliphatic carbocycles. The number of hydrogen-bond donors (Lipinski definition) is 0. The molecule has 0 bridgehead atoms. The first kappa shape index (κ1) is 17.6. The van der Waals surface area contributed by atoms with E-state index in [0.717, 1.165) is 0 Å². The summed E-state index contributed by atoms with van der Waals surface area (Å²) in [6.45, 7) is 17.1. The number of carbonyl (C=O) groups excluding carboxylic acids is 1. The van der Waals surface area contributed by atoms with Gasteiger partial charge in [0.1, 0.15) is 0 Å². The molecule has 0 rings (SSSR count). The van der Waals surface area contributed by atoms with Gasteiger partial charge in [-0.05, 0) is 31.0 Å². The van der Waals surface area contributed by atoms with Crippen molar-refractivity contribution < 1.29 is 14.0 Å². The minimum Gasteiger partial charge on any atom is -0.469 e. The highest BCUT2D eigenvalue weighted by molar-refractivity contribution is 6.74. The molecule has 0 N–H and O–H groups in total. The minimum absolute atomic E-state index is 0.0710. The van der Waals surface area contributed by atoms with E-state index in [-0.39, 0.29) is 23.0 Å². The molecule has 0 saturated heterocycles. The number of carbonyl (C=O) groups is 1. The number of hydrogen-bond acceptors (Lipinski definition) is 3. The van der Waals surface area contributed by atoms with Gasteiger partial charge in [0, 0.05) is 0 Å². The smallest absolute Gasteiger partial charge is 0.310 e. The summed E-state index contributed by atoms with van der Waals surface area (Å²) in [5, 5.41) is 0.149. The molecule has 0 amide bonds. The van der Waals surface area contributed by atoms with Crippen LogP contribution in [-0.4, -0.2) is 27.5 Å². The molecule has 0 heterocycles. The second-order valence-corrected chi connectivity index (χ2v) is 11.7. The largest absolute Gasteiger partial charge is 0.469 e. The summed E-state index contributed by atoms with van der Waals surface area (Å²) >= 11 is 0. The fourth-order valence-corrected chi connectivity index (χ4v) is 3.16. The lowest BCUT2D eigenvalue weighted by Crippen LogP contribution is -2.48. The zero-order valence-electron chi connectivity index (χ0n) is 13.5. The van der Waals surface area contributed by atoms with Crippen LogP contribution in [0.4, 0.5) is 0 Å². The molecule has 0 radical (unpaired) electrons. The Morgan fingerprint density at radius 2 is 1.56 bits per heavy atom. The third-order valence-corrected chi connectivity index (χ3v) is 8.43. The van der Waals surface area contributed by atoms with Crippen molar-refractivity contribution in [2.45, 2.75) is 65.8 Å². The highest BCUT2D eigenvalue weighted by Gasteiger charge is 2.42. The highest BCUT2D eigenvalue weighted by atomic mass is 28.4. The molecule has 18 heavy (non-hydrogen) atoms. The first-order chi connectivity index (χ1) is 7.94. The van der Waals surface area contributed by atoms with E-state index in [1.165, 1.54) is 7.11 Å². The van der Waals surface area contributed by atoms with Gasteiger partial charge in [0.05, 0.1) is 19.1 Å². The van der Waals surface area contributed by atoms with Gasteiger partial charge in [0.25, 0.3) is 0 Å². The van der Waals surface area contributed by atoms with E-state index in [2.05, 4.69) is 47.7 Å². The Morgan fingerprint density at radius 3 is 1.83 bits per heavy atom. The quantitative estimate of drug-likeness (QED) is 0.564. The third-order valence-electron chi connectivity index (χ3n) is 3.96. The van der Waals surface area contributed by atoms with Crippen LogP contribution in [0.25, 0.3) is 0 Å². The van der Waals surface area contributed by atoms with Crippen LogP contribution in [0.15, 0.2) is 0 Å². The summed E-state index contributed by atoms with van der Waals surface area (Å²) in [7, 11) is -0.427. The molecular weight excluding hydrogens is 244 g/mol. The Balaban J connectivity index is 5.01. The average molecular weight is 274 g/mol. The summed E-state index contributed by atoms with van der Waals surface area (Å²) in [5.41, 5.74) is 0. The SMILES string of the molecule is COC(=O)[C@H](C)[C@@H](O[Si](C)(C)C(C)(C)C)C(C)C. The Hall–Kier alpha value is -0.353. The van der Waals surface area contributed by atoms with Crippen LogP contribution in [0.2, 0.25) is 18.1 Å². The molecule has 0 unspecified atom stereocenters. The predicted octanol–water partition coefficient (Wildman–Crippen LogP) is 3.84. The Bertz CT molecular complexity index is 279. The molecule has 0 aliphatic heterocycles. The van der Waals surface area contributed by atoms with Crippen LogP contribution in [0.3, 0.4) is 0 Å². The second kappa shape index (κ2) is 6.20. The molecule has 0 saturated carbocycles. The lowest BCUT2D eigenvalue weighted by atomic mass is 9.95. The molecule has 0 aromatic carbocycles. The van der Waals surface area contributed by atoms with Gasteiger partial charge in [-0.1, -0.05) is 34.6 Å². The van der Waals surface area contributed by atoms with Crippen molar-refractivity contribution in [3.63, 3.8) is 0 Å². The molecule has 108 valence electrons. The fraction of sp³-hybridized carbons (Fsp3) is 0.929. The summed E-state index contributed by atoms with van der Waals surface area (Å²) in [6, 6.07) is 0. The van der Waals surface area contributed by atoms with Gasteiger partial charge >= 0.3 is 5.97 Å². The maximum absolute atomic E-state index is 11.7. The molecule has 0 aromatic rings. The van der Waals surface area contributed by atoms with Crippen molar-refractivity contribution in [3.8, 4) is 0 Å². The van der Waals surface area contributed by atoms with Crippen molar-refractivity contribution >= 4 is 14.3 Å². The van der Waals surface area contributed by atoms with Crippen LogP contribution in [0.1, 0.15) is 41.5 Å². The van der Waals surface area contributed by atoms with Crippen LogP contribution in [-0.2, 0) is 14.0 Å². The van der Waals surface area contributed by atoms with Crippen LogP contribution in [0, 0.1) is 11.8 Å². The fourth-order valence-electron chi connectivity index (χ4n) is 1.65. The van der Waals surface area contributed by atoms with Gasteiger partial charge in [-0.2, -0.15) is 0 Å². The van der Waals surface area contributed by atoms with Crippen molar-refractivity contribution in [3.05, 3.63) is 0 Å². The van der Waals surface area contributed by atoms with Crippen molar-refractivity contribution in [2.24, 2.45) is 11.8 Å². The zero-order valence-corrected chi connectivity index (χ0v) is 14.5. The Kier molecular flexibility index (Phi) is 6.07. The lowest BCUT2D eigenvalue weighted by Gasteiger charge is -2.41. The standard InChI is InChI=1S/C14H30O3Si/c1-10(2)12(11(3)13(15)16-7)17-18(8,9)14(4,5)6/h10-12H,1-9H3/t11-,12+/m1/s1. The number of methoxy groups -OCH3 is 1. The molecule has 3 nitrogen and oxygen atoms in total. The van der Waals surface area contributed by atoms with E-state index in [1.807, 2.05) is 6.92 Å². The van der Waals surface area contributed by atoms with Crippen molar-refractivity contribution in [1.29, 1.82) is 0 Å². The van der Waals surface area contributed by atoms with Gasteiger partial charge in [0.2, 0.25) is 0 Å². The van der Waals surface area contributed by atoms with E-state index >= 15 is 0 Å². The minimum atomic E-state index is -1.86. The third kappa shape index (κ3) is 4.39. The van der Waals surface area contributed by atoms with Crippen molar-refractivity contribution in [2.75, 3.05) is 7.11 Å². The van der Waals surface area contributed by atoms with Gasteiger partial charge in [0.15, 0.2) is 8.32 Å². The topological polar surface area (TPSA) is 35.5 Å². The summed E-state index contributed by atoms with van der Waals surface area (Å²) < 4.78 is 11.2. The summed E-state index contributed by atoms with van der Waals surface area (Å²) in [6.07, 6.45) is -0.0710. The first-order valence-corrected chi connectivity index (χ1v) is 9.60. The maximum Gasteiger partial charge on any atom is 0.310 e. The Morgan fingerprint density at radius 1 is 1.11 bits per heavy atom. The molecular formula is C14H30O3Si. The van der Waals surface area contributed by atoms with Crippen LogP contribution in [0.5, 0.6) is 0 Å². The van der Waals surface area contributed by atoms with E-state index < -0.39 is 8.32 Å². The normalized spacial score (nSPS) is 16.6. The monoisotopic (exact) mass is 274 g/mol. The van der Waals surface area contributed by atoms with Gasteiger partial charge in [-0.25, -0.2) is 0 Å². The molecule has 0 aliphatic rings. The zero-order chi connectivity index (χ0) is 14.7. The van der Waals surface area contributed by atoms with E-state index in [9.17, 15) is 4.79 Å². The number of esters is 1. The number of ether oxygens (including phenoxy) is 1. The average Bonchev–Trinajstić information content (AvgIpc) is 2.21. The van der Waals surface area contributed by atoms with Crippen LogP contribution < -0.4 is 0 Å². The summed E-state index contributed by atoms with van der Waals surface area (Å²) in [5.74, 6) is -0.107. The first-order valence-electron chi connectivity index (χ1n) is 6.69. The maximum atomic E-state index is 11.7. The lowest BCUT2D eigenvalue weighted by molar-refractivity contribution is -0.149. The molecule has 4 heteroatoms. The molecule has 2 atom stereocenters. The number of rotatable bonds is 5. The Labute approximate surface area is 113 Å². The van der Waals surface area contributed by atoms with E-state index in [0.29, 0.717) is 5.92 Å². The molecule has 0 spiro atoms. The second-order valence-electron chi connectivity index (χ2n) is 6.90. The molecule has 0 aromatic heterocycles.